The van der Waals surface area contributed by atoms with Crippen LogP contribution in [-0.4, -0.2) is 29.1 Å². The predicted molar refractivity (Wildman–Crippen MR) is 76.7 cm³/mol. The molecule has 1 aromatic rings. The van der Waals surface area contributed by atoms with Crippen molar-refractivity contribution in [2.45, 2.75) is 26.3 Å². The summed E-state index contributed by atoms with van der Waals surface area (Å²) < 4.78 is 13.6. The number of nitrogens with zero attached hydrogens (tertiary/aromatic N) is 1. The van der Waals surface area contributed by atoms with Gasteiger partial charge in [-0.3, -0.25) is 4.90 Å². The summed E-state index contributed by atoms with van der Waals surface area (Å²) in [6, 6.07) is 4.71. The first-order chi connectivity index (χ1) is 9.56. The van der Waals surface area contributed by atoms with Crippen molar-refractivity contribution in [1.29, 1.82) is 0 Å². The van der Waals surface area contributed by atoms with Gasteiger partial charge >= 0.3 is 5.97 Å². The first-order valence-corrected chi connectivity index (χ1v) is 6.99. The van der Waals surface area contributed by atoms with Gasteiger partial charge in [-0.25, -0.2) is 9.18 Å². The number of halogens is 1. The molecular formula is C16H20FNO2. The number of hydrogen-bond acceptors (Lipinski definition) is 2. The summed E-state index contributed by atoms with van der Waals surface area (Å²) in [7, 11) is 0. The lowest BCUT2D eigenvalue weighted by Gasteiger charge is -2.20. The standard InChI is InChI=1S/C16H20FNO2/c1-2-18(10-12-3-4-12)11-14-7-13(5-6-16(19)20)8-15(17)9-14/h5-9,12H,2-4,10-11H2,1H3,(H,19,20). The minimum absolute atomic E-state index is 0.324. The average Bonchev–Trinajstić information content (AvgIpc) is 3.19. The molecule has 1 fully saturated rings. The molecule has 0 aromatic heterocycles. The van der Waals surface area contributed by atoms with Gasteiger partial charge in [-0.15, -0.1) is 0 Å². The average molecular weight is 277 g/mol. The molecule has 0 spiro atoms. The Morgan fingerprint density at radius 3 is 2.80 bits per heavy atom. The third-order valence-electron chi connectivity index (χ3n) is 3.46. The van der Waals surface area contributed by atoms with Crippen LogP contribution in [-0.2, 0) is 11.3 Å². The van der Waals surface area contributed by atoms with E-state index in [9.17, 15) is 9.18 Å². The summed E-state index contributed by atoms with van der Waals surface area (Å²) in [5.74, 6) is -0.551. The number of carbonyl (C=O) groups is 1. The van der Waals surface area contributed by atoms with Gasteiger partial charge in [0.2, 0.25) is 0 Å². The minimum atomic E-state index is -1.03. The van der Waals surface area contributed by atoms with Crippen molar-refractivity contribution in [3.8, 4) is 0 Å². The summed E-state index contributed by atoms with van der Waals surface area (Å²) in [5, 5.41) is 8.61. The van der Waals surface area contributed by atoms with Crippen LogP contribution in [0.25, 0.3) is 6.08 Å². The smallest absolute Gasteiger partial charge is 0.328 e. The number of rotatable bonds is 7. The van der Waals surface area contributed by atoms with E-state index in [2.05, 4.69) is 11.8 Å². The zero-order valence-corrected chi connectivity index (χ0v) is 11.7. The van der Waals surface area contributed by atoms with E-state index >= 15 is 0 Å². The molecule has 2 rings (SSSR count). The number of carboxylic acid groups (broad SMARTS) is 1. The molecule has 0 bridgehead atoms. The third kappa shape index (κ3) is 4.78. The highest BCUT2D eigenvalue weighted by Gasteiger charge is 2.23. The minimum Gasteiger partial charge on any atom is -0.478 e. The Balaban J connectivity index is 2.07. The molecule has 3 nitrogen and oxygen atoms in total. The molecule has 4 heteroatoms. The first kappa shape index (κ1) is 14.7. The summed E-state index contributed by atoms with van der Waals surface area (Å²) >= 11 is 0. The lowest BCUT2D eigenvalue weighted by atomic mass is 10.1. The zero-order chi connectivity index (χ0) is 14.5. The van der Waals surface area contributed by atoms with Gasteiger partial charge in [0.25, 0.3) is 0 Å². The number of aliphatic carboxylic acids is 1. The van der Waals surface area contributed by atoms with Crippen molar-refractivity contribution in [3.05, 3.63) is 41.2 Å². The van der Waals surface area contributed by atoms with Gasteiger partial charge < -0.3 is 5.11 Å². The SMILES string of the molecule is CCN(Cc1cc(F)cc(C=CC(=O)O)c1)CC1CC1. The van der Waals surface area contributed by atoms with E-state index < -0.39 is 5.97 Å². The first-order valence-electron chi connectivity index (χ1n) is 6.99. The van der Waals surface area contributed by atoms with Gasteiger partial charge in [0.1, 0.15) is 5.82 Å². The van der Waals surface area contributed by atoms with Gasteiger partial charge in [-0.05, 0) is 54.6 Å². The number of hydrogen-bond donors (Lipinski definition) is 1. The molecule has 20 heavy (non-hydrogen) atoms. The second-order valence-corrected chi connectivity index (χ2v) is 5.34. The monoisotopic (exact) mass is 277 g/mol. The fourth-order valence-electron chi connectivity index (χ4n) is 2.26. The maximum atomic E-state index is 13.6. The van der Waals surface area contributed by atoms with Gasteiger partial charge in [0.15, 0.2) is 0 Å². The lowest BCUT2D eigenvalue weighted by molar-refractivity contribution is -0.131. The summed E-state index contributed by atoms with van der Waals surface area (Å²) in [5.41, 5.74) is 1.47. The van der Waals surface area contributed by atoms with Crippen LogP contribution in [0.1, 0.15) is 30.9 Å². The summed E-state index contributed by atoms with van der Waals surface area (Å²) in [6.45, 7) is 4.81. The van der Waals surface area contributed by atoms with Gasteiger partial charge in [0, 0.05) is 19.2 Å². The van der Waals surface area contributed by atoms with Crippen LogP contribution in [0.3, 0.4) is 0 Å². The lowest BCUT2D eigenvalue weighted by Crippen LogP contribution is -2.25. The summed E-state index contributed by atoms with van der Waals surface area (Å²) in [4.78, 5) is 12.8. The third-order valence-corrected chi connectivity index (χ3v) is 3.46. The number of benzene rings is 1. The molecule has 0 heterocycles. The van der Waals surface area contributed by atoms with Crippen molar-refractivity contribution >= 4 is 12.0 Å². The molecule has 0 radical (unpaired) electrons. The van der Waals surface area contributed by atoms with Crippen molar-refractivity contribution < 1.29 is 14.3 Å². The molecule has 1 aliphatic carbocycles. The van der Waals surface area contributed by atoms with E-state index in [1.54, 1.807) is 0 Å². The van der Waals surface area contributed by atoms with Crippen LogP contribution in [0.4, 0.5) is 4.39 Å². The van der Waals surface area contributed by atoms with E-state index in [0.717, 1.165) is 30.6 Å². The topological polar surface area (TPSA) is 40.5 Å². The van der Waals surface area contributed by atoms with Crippen molar-refractivity contribution in [1.82, 2.24) is 4.90 Å². The molecule has 1 aromatic carbocycles. The van der Waals surface area contributed by atoms with Gasteiger partial charge in [-0.1, -0.05) is 13.0 Å². The van der Waals surface area contributed by atoms with Crippen molar-refractivity contribution in [2.24, 2.45) is 5.92 Å². The maximum Gasteiger partial charge on any atom is 0.328 e. The van der Waals surface area contributed by atoms with Crippen molar-refractivity contribution in [2.75, 3.05) is 13.1 Å². The molecule has 1 saturated carbocycles. The Labute approximate surface area is 118 Å². The molecule has 108 valence electrons. The molecule has 0 unspecified atom stereocenters. The molecule has 0 atom stereocenters. The highest BCUT2D eigenvalue weighted by molar-refractivity contribution is 5.85. The van der Waals surface area contributed by atoms with E-state index in [-0.39, 0.29) is 5.82 Å². The number of carboxylic acids is 1. The molecule has 0 amide bonds. The van der Waals surface area contributed by atoms with Crippen LogP contribution < -0.4 is 0 Å². The van der Waals surface area contributed by atoms with Gasteiger partial charge in [-0.2, -0.15) is 0 Å². The quantitative estimate of drug-likeness (QED) is 0.778. The molecule has 0 aliphatic heterocycles. The zero-order valence-electron chi connectivity index (χ0n) is 11.7. The highest BCUT2D eigenvalue weighted by Crippen LogP contribution is 2.30. The maximum absolute atomic E-state index is 13.6. The second kappa shape index (κ2) is 6.66. The Morgan fingerprint density at radius 2 is 2.20 bits per heavy atom. The Bertz CT molecular complexity index is 509. The molecule has 1 N–H and O–H groups in total. The van der Waals surface area contributed by atoms with E-state index in [1.165, 1.54) is 31.1 Å². The van der Waals surface area contributed by atoms with E-state index in [4.69, 9.17) is 5.11 Å². The van der Waals surface area contributed by atoms with Crippen LogP contribution in [0.15, 0.2) is 24.3 Å². The summed E-state index contributed by atoms with van der Waals surface area (Å²) in [6.07, 6.45) is 5.05. The van der Waals surface area contributed by atoms with E-state index in [0.29, 0.717) is 12.1 Å². The Morgan fingerprint density at radius 1 is 1.45 bits per heavy atom. The van der Waals surface area contributed by atoms with Crippen LogP contribution in [0.2, 0.25) is 0 Å². The van der Waals surface area contributed by atoms with Crippen LogP contribution in [0, 0.1) is 11.7 Å². The molecule has 1 aliphatic rings. The highest BCUT2D eigenvalue weighted by atomic mass is 19.1. The Kier molecular flexibility index (Phi) is 4.90. The van der Waals surface area contributed by atoms with Gasteiger partial charge in [0.05, 0.1) is 0 Å². The molecule has 0 saturated heterocycles. The van der Waals surface area contributed by atoms with Crippen LogP contribution in [0.5, 0.6) is 0 Å². The molecular weight excluding hydrogens is 257 g/mol. The second-order valence-electron chi connectivity index (χ2n) is 5.34. The largest absolute Gasteiger partial charge is 0.478 e. The fourth-order valence-corrected chi connectivity index (χ4v) is 2.26. The predicted octanol–water partition coefficient (Wildman–Crippen LogP) is 3.16. The van der Waals surface area contributed by atoms with Crippen molar-refractivity contribution in [3.63, 3.8) is 0 Å². The van der Waals surface area contributed by atoms with Crippen LogP contribution >= 0.6 is 0 Å². The normalized spacial score (nSPS) is 15.2. The van der Waals surface area contributed by atoms with E-state index in [1.807, 2.05) is 6.07 Å². The Hall–Kier alpha value is -1.68. The fraction of sp³-hybridized carbons (Fsp3) is 0.438.